The van der Waals surface area contributed by atoms with Gasteiger partial charge in [-0.1, -0.05) is 0 Å². The molecule has 0 atom stereocenters. The second-order valence-electron chi connectivity index (χ2n) is 3.51. The number of anilines is 1. The number of carbonyl (C=O) groups excluding carboxylic acids is 1. The van der Waals surface area contributed by atoms with Crippen LogP contribution in [-0.4, -0.2) is 21.6 Å². The lowest BCUT2D eigenvalue weighted by Gasteiger charge is -2.07. The van der Waals surface area contributed by atoms with Gasteiger partial charge in [0.25, 0.3) is 5.91 Å². The van der Waals surface area contributed by atoms with E-state index in [4.69, 9.17) is 23.1 Å². The first-order valence-electron chi connectivity index (χ1n) is 4.91. The molecular formula is C9H9ClN4O5. The lowest BCUT2D eigenvalue weighted by molar-refractivity contribution is -0.392. The van der Waals surface area contributed by atoms with Gasteiger partial charge >= 0.3 is 11.4 Å². The van der Waals surface area contributed by atoms with Gasteiger partial charge in [0.15, 0.2) is 5.69 Å². The lowest BCUT2D eigenvalue weighted by atomic mass is 10.0. The molecule has 0 aliphatic carbocycles. The van der Waals surface area contributed by atoms with Gasteiger partial charge in [0.05, 0.1) is 9.85 Å². The zero-order valence-corrected chi connectivity index (χ0v) is 10.2. The Balaban J connectivity index is 3.74. The van der Waals surface area contributed by atoms with Gasteiger partial charge in [0, 0.05) is 11.4 Å². The van der Waals surface area contributed by atoms with Crippen LogP contribution in [0.25, 0.3) is 0 Å². The average Bonchev–Trinajstić information content (AvgIpc) is 2.27. The Morgan fingerprint density at radius 3 is 2.16 bits per heavy atom. The Morgan fingerprint density at radius 2 is 1.79 bits per heavy atom. The molecule has 0 spiro atoms. The van der Waals surface area contributed by atoms with Crippen LogP contribution in [0.1, 0.15) is 15.9 Å². The minimum absolute atomic E-state index is 0.0241. The highest BCUT2D eigenvalue weighted by Gasteiger charge is 2.32. The molecule has 1 rings (SSSR count). The molecule has 0 aliphatic heterocycles. The summed E-state index contributed by atoms with van der Waals surface area (Å²) in [6.45, 7) is 0. The predicted octanol–water partition coefficient (Wildman–Crippen LogP) is 0.965. The minimum atomic E-state index is -1.09. The summed E-state index contributed by atoms with van der Waals surface area (Å²) in [5, 5.41) is 21.8. The third-order valence-electron chi connectivity index (χ3n) is 2.38. The summed E-state index contributed by atoms with van der Waals surface area (Å²) in [5.41, 5.74) is 7.78. The zero-order valence-electron chi connectivity index (χ0n) is 9.46. The molecule has 1 aromatic rings. The molecule has 9 nitrogen and oxygen atoms in total. The Hall–Kier alpha value is -2.42. The molecule has 0 saturated heterocycles. The van der Waals surface area contributed by atoms with E-state index in [2.05, 4.69) is 0 Å². The van der Waals surface area contributed by atoms with E-state index >= 15 is 0 Å². The second kappa shape index (κ2) is 5.48. The van der Waals surface area contributed by atoms with Gasteiger partial charge < -0.3 is 11.5 Å². The zero-order chi connectivity index (χ0) is 14.7. The summed E-state index contributed by atoms with van der Waals surface area (Å²) in [4.78, 5) is 31.1. The number of nitrogens with zero attached hydrogens (tertiary/aromatic N) is 2. The van der Waals surface area contributed by atoms with Crippen LogP contribution in [0.4, 0.5) is 17.1 Å². The average molecular weight is 289 g/mol. The van der Waals surface area contributed by atoms with E-state index < -0.39 is 38.4 Å². The van der Waals surface area contributed by atoms with Crippen molar-refractivity contribution in [2.45, 2.75) is 6.42 Å². The summed E-state index contributed by atoms with van der Waals surface area (Å²) >= 11 is 5.49. The summed E-state index contributed by atoms with van der Waals surface area (Å²) in [6, 6.07) is 0.983. The lowest BCUT2D eigenvalue weighted by Crippen LogP contribution is -2.16. The van der Waals surface area contributed by atoms with Gasteiger partial charge in [0.2, 0.25) is 0 Å². The maximum absolute atomic E-state index is 11.2. The molecule has 0 unspecified atom stereocenters. The fourth-order valence-corrected chi connectivity index (χ4v) is 1.84. The quantitative estimate of drug-likeness (QED) is 0.356. The first-order valence-corrected chi connectivity index (χ1v) is 5.44. The molecule has 4 N–H and O–H groups in total. The van der Waals surface area contributed by atoms with Gasteiger partial charge in [-0.25, -0.2) is 0 Å². The van der Waals surface area contributed by atoms with Crippen molar-refractivity contribution in [1.82, 2.24) is 0 Å². The topological polar surface area (TPSA) is 155 Å². The van der Waals surface area contributed by atoms with Crippen molar-refractivity contribution >= 4 is 34.6 Å². The van der Waals surface area contributed by atoms with E-state index in [9.17, 15) is 25.0 Å². The molecule has 102 valence electrons. The van der Waals surface area contributed by atoms with Crippen LogP contribution in [0.2, 0.25) is 0 Å². The number of halogens is 1. The van der Waals surface area contributed by atoms with Crippen LogP contribution in [-0.2, 0) is 6.42 Å². The summed E-state index contributed by atoms with van der Waals surface area (Å²) in [6.07, 6.45) is 0.0281. The number of amides is 1. The number of hydrogen-bond acceptors (Lipinski definition) is 6. The van der Waals surface area contributed by atoms with Gasteiger partial charge in [-0.05, 0) is 12.5 Å². The van der Waals surface area contributed by atoms with Gasteiger partial charge in [-0.3, -0.25) is 25.0 Å². The number of benzene rings is 1. The fraction of sp³-hybridized carbons (Fsp3) is 0.222. The number of nitrogen functional groups attached to an aromatic ring is 1. The van der Waals surface area contributed by atoms with Crippen LogP contribution < -0.4 is 11.5 Å². The van der Waals surface area contributed by atoms with Crippen molar-refractivity contribution in [1.29, 1.82) is 0 Å². The van der Waals surface area contributed by atoms with E-state index in [1.165, 1.54) is 0 Å². The predicted molar refractivity (Wildman–Crippen MR) is 67.1 cm³/mol. The van der Waals surface area contributed by atoms with Gasteiger partial charge in [0.1, 0.15) is 5.56 Å². The van der Waals surface area contributed by atoms with Gasteiger partial charge in [-0.15, -0.1) is 11.6 Å². The Morgan fingerprint density at radius 1 is 1.26 bits per heavy atom. The van der Waals surface area contributed by atoms with Crippen molar-refractivity contribution in [3.8, 4) is 0 Å². The van der Waals surface area contributed by atoms with Crippen LogP contribution in [0.3, 0.4) is 0 Å². The molecule has 0 aliphatic rings. The Bertz CT molecular complexity index is 574. The molecular weight excluding hydrogens is 280 g/mol. The fourth-order valence-electron chi connectivity index (χ4n) is 1.63. The van der Waals surface area contributed by atoms with E-state index in [1.54, 1.807) is 0 Å². The smallest absolute Gasteiger partial charge is 0.311 e. The Labute approximate surface area is 111 Å². The maximum atomic E-state index is 11.2. The largest absolute Gasteiger partial charge is 0.387 e. The molecule has 0 saturated carbocycles. The van der Waals surface area contributed by atoms with Crippen molar-refractivity contribution in [3.63, 3.8) is 0 Å². The number of nitro benzene ring substituents is 2. The van der Waals surface area contributed by atoms with E-state index in [1.807, 2.05) is 0 Å². The molecule has 0 radical (unpaired) electrons. The van der Waals surface area contributed by atoms with Gasteiger partial charge in [-0.2, -0.15) is 0 Å². The summed E-state index contributed by atoms with van der Waals surface area (Å²) in [5.74, 6) is -1.07. The van der Waals surface area contributed by atoms with Crippen molar-refractivity contribution in [2.75, 3.05) is 11.6 Å². The van der Waals surface area contributed by atoms with E-state index in [-0.39, 0.29) is 17.9 Å². The standard InChI is InChI=1S/C9H9ClN4O5/c10-2-1-4-3-5(9(12)15)8(14(18)19)6(11)7(4)13(16)17/h3H,1-2,11H2,(H2,12,15). The number of nitrogens with two attached hydrogens (primary N) is 2. The normalized spacial score (nSPS) is 10.2. The molecule has 0 aromatic heterocycles. The summed E-state index contributed by atoms with van der Waals surface area (Å²) in [7, 11) is 0. The highest BCUT2D eigenvalue weighted by atomic mass is 35.5. The molecule has 0 fully saturated rings. The number of nitro groups is 2. The third-order valence-corrected chi connectivity index (χ3v) is 2.57. The number of primary amides is 1. The molecule has 0 heterocycles. The highest BCUT2D eigenvalue weighted by molar-refractivity contribution is 6.18. The Kier molecular flexibility index (Phi) is 4.22. The molecule has 1 aromatic carbocycles. The minimum Gasteiger partial charge on any atom is -0.387 e. The monoisotopic (exact) mass is 288 g/mol. The van der Waals surface area contributed by atoms with Crippen molar-refractivity contribution < 1.29 is 14.6 Å². The number of alkyl halides is 1. The number of rotatable bonds is 5. The number of hydrogen-bond donors (Lipinski definition) is 2. The number of aryl methyl sites for hydroxylation is 1. The first kappa shape index (κ1) is 14.6. The van der Waals surface area contributed by atoms with E-state index in [0.717, 1.165) is 6.07 Å². The van der Waals surface area contributed by atoms with Crippen LogP contribution in [0, 0.1) is 20.2 Å². The molecule has 10 heteroatoms. The van der Waals surface area contributed by atoms with E-state index in [0.29, 0.717) is 0 Å². The third kappa shape index (κ3) is 2.71. The molecule has 1 amide bonds. The summed E-state index contributed by atoms with van der Waals surface area (Å²) < 4.78 is 0. The molecule has 19 heavy (non-hydrogen) atoms. The van der Waals surface area contributed by atoms with Crippen molar-refractivity contribution in [2.24, 2.45) is 5.73 Å². The van der Waals surface area contributed by atoms with Crippen LogP contribution in [0.15, 0.2) is 6.07 Å². The number of carbonyl (C=O) groups is 1. The first-order chi connectivity index (χ1) is 8.81. The van der Waals surface area contributed by atoms with Crippen molar-refractivity contribution in [3.05, 3.63) is 37.4 Å². The SMILES string of the molecule is NC(=O)c1cc(CCCl)c([N+](=O)[O-])c(N)c1[N+](=O)[O-]. The highest BCUT2D eigenvalue weighted by Crippen LogP contribution is 2.38. The maximum Gasteiger partial charge on any atom is 0.311 e. The second-order valence-corrected chi connectivity index (χ2v) is 3.89. The van der Waals surface area contributed by atoms with Crippen LogP contribution >= 0.6 is 11.6 Å². The van der Waals surface area contributed by atoms with Crippen LogP contribution in [0.5, 0.6) is 0 Å². The molecule has 0 bridgehead atoms.